The summed E-state index contributed by atoms with van der Waals surface area (Å²) < 4.78 is 14.7. The van der Waals surface area contributed by atoms with Crippen LogP contribution >= 0.6 is 15.9 Å². The fourth-order valence-corrected chi connectivity index (χ4v) is 2.51. The van der Waals surface area contributed by atoms with E-state index in [9.17, 15) is 14.0 Å². The Kier molecular flexibility index (Phi) is 5.87. The zero-order valence-corrected chi connectivity index (χ0v) is 14.1. The summed E-state index contributed by atoms with van der Waals surface area (Å²) in [5.74, 6) is -1.10. The maximum atomic E-state index is 13.7. The Hall–Kier alpha value is -2.21. The molecular weight excluding hydrogens is 363 g/mol. The topological polar surface area (TPSA) is 58.2 Å². The molecular formula is C17H16BrFN2O2. The second-order valence-corrected chi connectivity index (χ2v) is 5.97. The first-order chi connectivity index (χ1) is 10.9. The molecule has 0 aliphatic carbocycles. The molecule has 0 aromatic heterocycles. The lowest BCUT2D eigenvalue weighted by atomic mass is 10.1. The molecule has 0 fully saturated rings. The maximum Gasteiger partial charge on any atom is 0.224 e. The number of halogens is 2. The van der Waals surface area contributed by atoms with Crippen LogP contribution in [0.15, 0.2) is 46.9 Å². The van der Waals surface area contributed by atoms with Gasteiger partial charge in [0, 0.05) is 23.5 Å². The van der Waals surface area contributed by atoms with Crippen LogP contribution in [0.2, 0.25) is 0 Å². The lowest BCUT2D eigenvalue weighted by Crippen LogP contribution is -2.14. The van der Waals surface area contributed by atoms with Gasteiger partial charge in [-0.05, 0) is 42.3 Å². The summed E-state index contributed by atoms with van der Waals surface area (Å²) >= 11 is 3.38. The van der Waals surface area contributed by atoms with Crippen molar-refractivity contribution in [3.05, 3.63) is 58.3 Å². The Morgan fingerprint density at radius 1 is 1.13 bits per heavy atom. The summed E-state index contributed by atoms with van der Waals surface area (Å²) in [7, 11) is 0. The normalized spacial score (nSPS) is 10.2. The zero-order valence-electron chi connectivity index (χ0n) is 12.5. The van der Waals surface area contributed by atoms with E-state index in [0.717, 1.165) is 10.0 Å². The van der Waals surface area contributed by atoms with Gasteiger partial charge >= 0.3 is 0 Å². The van der Waals surface area contributed by atoms with Crippen LogP contribution in [0.1, 0.15) is 18.9 Å². The Bertz CT molecular complexity index is 734. The van der Waals surface area contributed by atoms with E-state index in [1.807, 2.05) is 24.3 Å². The van der Waals surface area contributed by atoms with E-state index in [2.05, 4.69) is 26.6 Å². The second kappa shape index (κ2) is 7.87. The fraction of sp³-hybridized carbons (Fsp3) is 0.176. The molecule has 0 saturated carbocycles. The van der Waals surface area contributed by atoms with Crippen LogP contribution in [0.5, 0.6) is 0 Å². The van der Waals surface area contributed by atoms with E-state index in [0.29, 0.717) is 12.1 Å². The molecule has 0 saturated heterocycles. The largest absolute Gasteiger partial charge is 0.326 e. The minimum Gasteiger partial charge on any atom is -0.326 e. The minimum atomic E-state index is -0.546. The molecule has 0 aliphatic rings. The standard InChI is InChI=1S/C17H16BrFN2O2/c1-11(22)20-14-6-7-15(19)16(10-14)21-17(23)8-5-12-3-2-4-13(18)9-12/h2-4,6-7,9-10H,5,8H2,1H3,(H,20,22)(H,21,23). The summed E-state index contributed by atoms with van der Waals surface area (Å²) in [6.45, 7) is 1.36. The average molecular weight is 379 g/mol. The van der Waals surface area contributed by atoms with Crippen molar-refractivity contribution in [3.8, 4) is 0 Å². The molecule has 0 radical (unpaired) electrons. The number of hydrogen-bond acceptors (Lipinski definition) is 2. The van der Waals surface area contributed by atoms with Crippen LogP contribution in [0.4, 0.5) is 15.8 Å². The van der Waals surface area contributed by atoms with Gasteiger partial charge in [0.15, 0.2) is 0 Å². The number of amides is 2. The van der Waals surface area contributed by atoms with Gasteiger partial charge in [-0.1, -0.05) is 28.1 Å². The predicted molar refractivity (Wildman–Crippen MR) is 91.8 cm³/mol. The Morgan fingerprint density at radius 2 is 1.91 bits per heavy atom. The van der Waals surface area contributed by atoms with Crippen LogP contribution in [-0.2, 0) is 16.0 Å². The zero-order chi connectivity index (χ0) is 16.8. The number of hydrogen-bond donors (Lipinski definition) is 2. The van der Waals surface area contributed by atoms with E-state index >= 15 is 0 Å². The molecule has 0 aliphatic heterocycles. The van der Waals surface area contributed by atoms with Crippen molar-refractivity contribution in [2.45, 2.75) is 19.8 Å². The number of aryl methyl sites for hydroxylation is 1. The van der Waals surface area contributed by atoms with E-state index in [1.165, 1.54) is 25.1 Å². The van der Waals surface area contributed by atoms with Crippen molar-refractivity contribution in [1.82, 2.24) is 0 Å². The molecule has 0 bridgehead atoms. The van der Waals surface area contributed by atoms with Crippen LogP contribution < -0.4 is 10.6 Å². The van der Waals surface area contributed by atoms with Crippen LogP contribution in [-0.4, -0.2) is 11.8 Å². The number of carbonyl (C=O) groups excluding carboxylic acids is 2. The molecule has 6 heteroatoms. The Morgan fingerprint density at radius 3 is 2.61 bits per heavy atom. The smallest absolute Gasteiger partial charge is 0.224 e. The van der Waals surface area contributed by atoms with Crippen LogP contribution in [0.25, 0.3) is 0 Å². The Balaban J connectivity index is 1.98. The summed E-state index contributed by atoms with van der Waals surface area (Å²) in [6, 6.07) is 11.7. The lowest BCUT2D eigenvalue weighted by molar-refractivity contribution is -0.116. The third kappa shape index (κ3) is 5.49. The SMILES string of the molecule is CC(=O)Nc1ccc(F)c(NC(=O)CCc2cccc(Br)c2)c1. The first-order valence-corrected chi connectivity index (χ1v) is 7.85. The predicted octanol–water partition coefficient (Wildman–Crippen LogP) is 4.12. The van der Waals surface area contributed by atoms with E-state index in [1.54, 1.807) is 0 Å². The highest BCUT2D eigenvalue weighted by molar-refractivity contribution is 9.10. The van der Waals surface area contributed by atoms with Gasteiger partial charge in [-0.2, -0.15) is 0 Å². The molecule has 4 nitrogen and oxygen atoms in total. The van der Waals surface area contributed by atoms with E-state index in [4.69, 9.17) is 0 Å². The van der Waals surface area contributed by atoms with Gasteiger partial charge in [-0.25, -0.2) is 4.39 Å². The third-order valence-corrected chi connectivity index (χ3v) is 3.58. The molecule has 2 aromatic carbocycles. The average Bonchev–Trinajstić information content (AvgIpc) is 2.48. The fourth-order valence-electron chi connectivity index (χ4n) is 2.07. The van der Waals surface area contributed by atoms with E-state index in [-0.39, 0.29) is 23.9 Å². The minimum absolute atomic E-state index is 0.0514. The van der Waals surface area contributed by atoms with Gasteiger partial charge in [0.25, 0.3) is 0 Å². The van der Waals surface area contributed by atoms with Crippen molar-refractivity contribution in [2.24, 2.45) is 0 Å². The number of carbonyl (C=O) groups is 2. The molecule has 0 heterocycles. The number of rotatable bonds is 5. The van der Waals surface area contributed by atoms with Crippen LogP contribution in [0.3, 0.4) is 0 Å². The van der Waals surface area contributed by atoms with Crippen molar-refractivity contribution < 1.29 is 14.0 Å². The van der Waals surface area contributed by atoms with Gasteiger partial charge < -0.3 is 10.6 Å². The number of benzene rings is 2. The van der Waals surface area contributed by atoms with Crippen molar-refractivity contribution in [1.29, 1.82) is 0 Å². The maximum absolute atomic E-state index is 13.7. The van der Waals surface area contributed by atoms with Gasteiger partial charge in [-0.3, -0.25) is 9.59 Å². The molecule has 23 heavy (non-hydrogen) atoms. The highest BCUT2D eigenvalue weighted by atomic mass is 79.9. The highest BCUT2D eigenvalue weighted by Crippen LogP contribution is 2.20. The van der Waals surface area contributed by atoms with Crippen molar-refractivity contribution >= 4 is 39.1 Å². The highest BCUT2D eigenvalue weighted by Gasteiger charge is 2.09. The molecule has 2 amide bonds. The lowest BCUT2D eigenvalue weighted by Gasteiger charge is -2.09. The van der Waals surface area contributed by atoms with Gasteiger partial charge in [0.05, 0.1) is 5.69 Å². The molecule has 2 aromatic rings. The summed E-state index contributed by atoms with van der Waals surface area (Å²) in [6.07, 6.45) is 0.790. The monoisotopic (exact) mass is 378 g/mol. The van der Waals surface area contributed by atoms with Crippen LogP contribution in [0, 0.1) is 5.82 Å². The van der Waals surface area contributed by atoms with Gasteiger partial charge in [0.1, 0.15) is 5.82 Å². The van der Waals surface area contributed by atoms with Crippen molar-refractivity contribution in [3.63, 3.8) is 0 Å². The second-order valence-electron chi connectivity index (χ2n) is 5.05. The van der Waals surface area contributed by atoms with Gasteiger partial charge in [-0.15, -0.1) is 0 Å². The molecule has 2 rings (SSSR count). The quantitative estimate of drug-likeness (QED) is 0.821. The number of nitrogens with one attached hydrogen (secondary N) is 2. The first kappa shape index (κ1) is 17.1. The third-order valence-electron chi connectivity index (χ3n) is 3.09. The first-order valence-electron chi connectivity index (χ1n) is 7.05. The van der Waals surface area contributed by atoms with Gasteiger partial charge in [0.2, 0.25) is 11.8 Å². The summed E-state index contributed by atoms with van der Waals surface area (Å²) in [5.41, 5.74) is 1.50. The number of anilines is 2. The molecule has 120 valence electrons. The Labute approximate surface area is 142 Å². The molecule has 0 atom stereocenters. The van der Waals surface area contributed by atoms with E-state index < -0.39 is 5.82 Å². The summed E-state index contributed by atoms with van der Waals surface area (Å²) in [5, 5.41) is 5.08. The molecule has 0 unspecified atom stereocenters. The molecule has 2 N–H and O–H groups in total. The molecule has 0 spiro atoms. The summed E-state index contributed by atoms with van der Waals surface area (Å²) in [4.78, 5) is 23.0. The van der Waals surface area contributed by atoms with Crippen molar-refractivity contribution in [2.75, 3.05) is 10.6 Å².